The van der Waals surface area contributed by atoms with Crippen LogP contribution in [-0.2, 0) is 0 Å². The lowest BCUT2D eigenvalue weighted by Gasteiger charge is -2.03. The molecule has 50 valence electrons. The van der Waals surface area contributed by atoms with Crippen molar-refractivity contribution in [3.05, 3.63) is 0 Å². The maximum absolute atomic E-state index is 8.99. The van der Waals surface area contributed by atoms with Crippen molar-refractivity contribution in [1.82, 2.24) is 0 Å². The minimum absolute atomic E-state index is 0.157. The quantitative estimate of drug-likeness (QED) is 0.492. The summed E-state index contributed by atoms with van der Waals surface area (Å²) in [7, 11) is 3.14. The van der Waals surface area contributed by atoms with Gasteiger partial charge in [-0.1, -0.05) is 34.9 Å². The molecule has 0 heterocycles. The SMILES string of the molecule is CCCC(O)SSC. The lowest BCUT2D eigenvalue weighted by molar-refractivity contribution is 0.253. The van der Waals surface area contributed by atoms with Crippen molar-refractivity contribution in [3.8, 4) is 0 Å². The Balaban J connectivity index is 2.92. The molecule has 0 fully saturated rings. The van der Waals surface area contributed by atoms with Gasteiger partial charge >= 0.3 is 0 Å². The molecule has 0 aromatic heterocycles. The van der Waals surface area contributed by atoms with Crippen molar-refractivity contribution >= 4 is 21.6 Å². The molecule has 1 unspecified atom stereocenters. The van der Waals surface area contributed by atoms with Crippen LogP contribution in [0.4, 0.5) is 0 Å². The summed E-state index contributed by atoms with van der Waals surface area (Å²) in [5.74, 6) is 0. The van der Waals surface area contributed by atoms with Crippen LogP contribution in [0, 0.1) is 0 Å². The number of hydrogen-bond acceptors (Lipinski definition) is 3. The Morgan fingerprint density at radius 3 is 2.62 bits per heavy atom. The summed E-state index contributed by atoms with van der Waals surface area (Å²) in [4.78, 5) is 0. The van der Waals surface area contributed by atoms with Gasteiger partial charge in [0.2, 0.25) is 0 Å². The highest BCUT2D eigenvalue weighted by Gasteiger charge is 1.99. The first-order valence-corrected chi connectivity index (χ1v) is 5.31. The Hall–Kier alpha value is 0.660. The van der Waals surface area contributed by atoms with Gasteiger partial charge in [0.25, 0.3) is 0 Å². The smallest absolute Gasteiger partial charge is 0.109 e. The van der Waals surface area contributed by atoms with Gasteiger partial charge in [0.15, 0.2) is 0 Å². The van der Waals surface area contributed by atoms with E-state index in [-0.39, 0.29) is 5.44 Å². The largest absolute Gasteiger partial charge is 0.382 e. The van der Waals surface area contributed by atoms with E-state index in [2.05, 4.69) is 6.92 Å². The predicted molar refractivity (Wildman–Crippen MR) is 42.0 cm³/mol. The summed E-state index contributed by atoms with van der Waals surface area (Å²) >= 11 is 0. The maximum Gasteiger partial charge on any atom is 0.109 e. The molecule has 1 N–H and O–H groups in total. The summed E-state index contributed by atoms with van der Waals surface area (Å²) < 4.78 is 0. The van der Waals surface area contributed by atoms with E-state index < -0.39 is 0 Å². The fraction of sp³-hybridized carbons (Fsp3) is 1.00. The van der Waals surface area contributed by atoms with Crippen molar-refractivity contribution in [1.29, 1.82) is 0 Å². The second kappa shape index (κ2) is 5.79. The highest BCUT2D eigenvalue weighted by molar-refractivity contribution is 8.76. The lowest BCUT2D eigenvalue weighted by atomic mass is 10.4. The number of aliphatic hydroxyl groups is 1. The first-order chi connectivity index (χ1) is 3.81. The molecule has 0 aromatic carbocycles. The minimum atomic E-state index is -0.157. The molecule has 0 bridgehead atoms. The van der Waals surface area contributed by atoms with Crippen molar-refractivity contribution in [2.75, 3.05) is 6.26 Å². The van der Waals surface area contributed by atoms with Crippen LogP contribution in [-0.4, -0.2) is 16.8 Å². The molecule has 0 aliphatic heterocycles. The Bertz CT molecular complexity index is 43.7. The molecule has 3 heteroatoms. The van der Waals surface area contributed by atoms with Crippen LogP contribution in [0.2, 0.25) is 0 Å². The van der Waals surface area contributed by atoms with E-state index >= 15 is 0 Å². The van der Waals surface area contributed by atoms with Crippen molar-refractivity contribution in [2.24, 2.45) is 0 Å². The minimum Gasteiger partial charge on any atom is -0.382 e. The summed E-state index contributed by atoms with van der Waals surface area (Å²) in [6.45, 7) is 2.07. The summed E-state index contributed by atoms with van der Waals surface area (Å²) in [5, 5.41) is 8.99. The highest BCUT2D eigenvalue weighted by Crippen LogP contribution is 2.24. The molecule has 0 saturated heterocycles. The topological polar surface area (TPSA) is 20.2 Å². The Morgan fingerprint density at radius 2 is 2.25 bits per heavy atom. The predicted octanol–water partition coefficient (Wildman–Crippen LogP) is 2.12. The van der Waals surface area contributed by atoms with Gasteiger partial charge in [-0.05, 0) is 12.7 Å². The summed E-state index contributed by atoms with van der Waals surface area (Å²) in [5.41, 5.74) is -0.157. The van der Waals surface area contributed by atoms with E-state index in [1.807, 2.05) is 6.26 Å². The first-order valence-electron chi connectivity index (χ1n) is 2.68. The Labute approximate surface area is 58.6 Å². The molecule has 0 saturated carbocycles. The fourth-order valence-electron chi connectivity index (χ4n) is 0.406. The molecule has 0 aromatic rings. The van der Waals surface area contributed by atoms with Gasteiger partial charge in [0.1, 0.15) is 5.44 Å². The zero-order chi connectivity index (χ0) is 6.41. The summed E-state index contributed by atoms with van der Waals surface area (Å²) in [6, 6.07) is 0. The van der Waals surface area contributed by atoms with Crippen LogP contribution >= 0.6 is 21.6 Å². The van der Waals surface area contributed by atoms with E-state index in [0.717, 1.165) is 12.8 Å². The fourth-order valence-corrected chi connectivity index (χ4v) is 1.92. The molecular weight excluding hydrogens is 140 g/mol. The maximum atomic E-state index is 8.99. The molecule has 0 radical (unpaired) electrons. The second-order valence-corrected chi connectivity index (χ2v) is 4.15. The van der Waals surface area contributed by atoms with E-state index in [1.165, 1.54) is 10.8 Å². The standard InChI is InChI=1S/C5H12OS2/c1-3-4-5(6)8-7-2/h5-6H,3-4H2,1-2H3. The lowest BCUT2D eigenvalue weighted by Crippen LogP contribution is -1.95. The third kappa shape index (κ3) is 4.81. The monoisotopic (exact) mass is 152 g/mol. The second-order valence-electron chi connectivity index (χ2n) is 1.51. The molecule has 0 aliphatic rings. The van der Waals surface area contributed by atoms with Gasteiger partial charge in [-0.25, -0.2) is 0 Å². The van der Waals surface area contributed by atoms with Gasteiger partial charge in [-0.3, -0.25) is 0 Å². The van der Waals surface area contributed by atoms with Crippen LogP contribution in [0.5, 0.6) is 0 Å². The van der Waals surface area contributed by atoms with Crippen LogP contribution in [0.1, 0.15) is 19.8 Å². The van der Waals surface area contributed by atoms with Crippen LogP contribution in [0.15, 0.2) is 0 Å². The average Bonchev–Trinajstić information content (AvgIpc) is 1.68. The zero-order valence-electron chi connectivity index (χ0n) is 5.26. The molecule has 0 aliphatic carbocycles. The molecule has 0 amide bonds. The van der Waals surface area contributed by atoms with E-state index in [1.54, 1.807) is 10.8 Å². The zero-order valence-corrected chi connectivity index (χ0v) is 6.89. The van der Waals surface area contributed by atoms with Crippen LogP contribution in [0.25, 0.3) is 0 Å². The van der Waals surface area contributed by atoms with Crippen molar-refractivity contribution in [3.63, 3.8) is 0 Å². The molecule has 1 atom stereocenters. The molecular formula is C5H12OS2. The molecule has 0 spiro atoms. The van der Waals surface area contributed by atoms with Gasteiger partial charge in [-0.2, -0.15) is 0 Å². The molecule has 0 rings (SSSR count). The van der Waals surface area contributed by atoms with Gasteiger partial charge in [-0.15, -0.1) is 0 Å². The van der Waals surface area contributed by atoms with Crippen LogP contribution < -0.4 is 0 Å². The number of hydrogen-bond donors (Lipinski definition) is 1. The number of aliphatic hydroxyl groups excluding tert-OH is 1. The third-order valence-corrected chi connectivity index (χ3v) is 2.64. The van der Waals surface area contributed by atoms with Gasteiger partial charge in [0.05, 0.1) is 0 Å². The van der Waals surface area contributed by atoms with Crippen LogP contribution in [0.3, 0.4) is 0 Å². The molecule has 8 heavy (non-hydrogen) atoms. The average molecular weight is 152 g/mol. The van der Waals surface area contributed by atoms with E-state index in [9.17, 15) is 0 Å². The molecule has 1 nitrogen and oxygen atoms in total. The normalized spacial score (nSPS) is 13.9. The Kier molecular flexibility index (Phi) is 6.27. The third-order valence-electron chi connectivity index (χ3n) is 0.743. The highest BCUT2D eigenvalue weighted by atomic mass is 33.1. The van der Waals surface area contributed by atoms with Gasteiger partial charge in [0, 0.05) is 0 Å². The van der Waals surface area contributed by atoms with Crippen molar-refractivity contribution < 1.29 is 5.11 Å². The Morgan fingerprint density at radius 1 is 1.62 bits per heavy atom. The summed E-state index contributed by atoms with van der Waals surface area (Å²) in [6.07, 6.45) is 3.95. The van der Waals surface area contributed by atoms with Crippen molar-refractivity contribution in [2.45, 2.75) is 25.2 Å². The van der Waals surface area contributed by atoms with E-state index in [0.29, 0.717) is 0 Å². The number of rotatable bonds is 4. The first kappa shape index (κ1) is 8.66. The van der Waals surface area contributed by atoms with Gasteiger partial charge < -0.3 is 5.11 Å². The van der Waals surface area contributed by atoms with E-state index in [4.69, 9.17) is 5.11 Å².